The van der Waals surface area contributed by atoms with Gasteiger partial charge in [-0.2, -0.15) is 0 Å². The summed E-state index contributed by atoms with van der Waals surface area (Å²) in [6, 6.07) is 11.8. The average Bonchev–Trinajstić information content (AvgIpc) is 2.69. The number of pyridine rings is 1. The average molecular weight is 413 g/mol. The second-order valence-electron chi connectivity index (χ2n) is 6.21. The number of hydrogen-bond acceptors (Lipinski definition) is 5. The zero-order valence-corrected chi connectivity index (χ0v) is 15.6. The van der Waals surface area contributed by atoms with Crippen molar-refractivity contribution in [1.29, 1.82) is 0 Å². The van der Waals surface area contributed by atoms with Crippen molar-refractivity contribution in [2.24, 2.45) is 0 Å². The molecule has 2 aromatic heterocycles. The smallest absolute Gasteiger partial charge is 0.316 e. The minimum atomic E-state index is -0.116. The Bertz CT molecular complexity index is 932. The highest BCUT2D eigenvalue weighted by atomic mass is 79.9. The Labute approximate surface area is 159 Å². The molecule has 1 amide bonds. The molecule has 0 bridgehead atoms. The van der Waals surface area contributed by atoms with E-state index in [-0.39, 0.29) is 12.0 Å². The number of rotatable bonds is 3. The van der Waals surface area contributed by atoms with E-state index in [1.165, 1.54) is 0 Å². The summed E-state index contributed by atoms with van der Waals surface area (Å²) in [6.45, 7) is 1.21. The van der Waals surface area contributed by atoms with Crippen LogP contribution in [-0.2, 0) is 0 Å². The number of hydrogen-bond donors (Lipinski definition) is 0. The molecule has 26 heavy (non-hydrogen) atoms. The number of para-hydroxylation sites is 1. The number of fused-ring (bicyclic) bond motifs is 1. The monoisotopic (exact) mass is 412 g/mol. The number of amides is 1. The number of aromatic nitrogens is 3. The van der Waals surface area contributed by atoms with Gasteiger partial charge in [-0.15, -0.1) is 0 Å². The number of benzene rings is 1. The third kappa shape index (κ3) is 3.67. The van der Waals surface area contributed by atoms with Crippen molar-refractivity contribution in [1.82, 2.24) is 19.9 Å². The topological polar surface area (TPSA) is 68.2 Å². The van der Waals surface area contributed by atoms with Gasteiger partial charge in [-0.1, -0.05) is 24.3 Å². The molecule has 1 aliphatic heterocycles. The number of ether oxygens (including phenoxy) is 1. The van der Waals surface area contributed by atoms with E-state index in [0.29, 0.717) is 24.8 Å². The van der Waals surface area contributed by atoms with Crippen LogP contribution in [0.5, 0.6) is 6.01 Å². The zero-order chi connectivity index (χ0) is 17.9. The first-order chi connectivity index (χ1) is 12.7. The van der Waals surface area contributed by atoms with Gasteiger partial charge in [-0.3, -0.25) is 4.79 Å². The summed E-state index contributed by atoms with van der Waals surface area (Å²) in [4.78, 5) is 27.4. The summed E-state index contributed by atoms with van der Waals surface area (Å²) >= 11 is 3.30. The normalized spacial score (nSPS) is 17.3. The largest absolute Gasteiger partial charge is 0.458 e. The van der Waals surface area contributed by atoms with Gasteiger partial charge in [0.1, 0.15) is 11.8 Å². The van der Waals surface area contributed by atoms with E-state index in [1.54, 1.807) is 23.4 Å². The Morgan fingerprint density at radius 3 is 2.81 bits per heavy atom. The molecule has 0 radical (unpaired) electrons. The van der Waals surface area contributed by atoms with E-state index >= 15 is 0 Å². The molecule has 6 nitrogen and oxygen atoms in total. The van der Waals surface area contributed by atoms with Gasteiger partial charge in [0.05, 0.1) is 16.5 Å². The van der Waals surface area contributed by atoms with Crippen molar-refractivity contribution in [2.75, 3.05) is 13.1 Å². The lowest BCUT2D eigenvalue weighted by molar-refractivity contribution is 0.0511. The minimum absolute atomic E-state index is 0.0687. The lowest BCUT2D eigenvalue weighted by atomic mass is 10.1. The number of halogens is 1. The second kappa shape index (κ2) is 7.37. The summed E-state index contributed by atoms with van der Waals surface area (Å²) in [6.07, 6.45) is 4.92. The van der Waals surface area contributed by atoms with E-state index in [4.69, 9.17) is 4.74 Å². The molecular weight excluding hydrogens is 396 g/mol. The molecule has 1 atom stereocenters. The first kappa shape index (κ1) is 16.9. The Balaban J connectivity index is 1.47. The first-order valence-corrected chi connectivity index (χ1v) is 9.27. The highest BCUT2D eigenvalue weighted by molar-refractivity contribution is 9.10. The van der Waals surface area contributed by atoms with Crippen LogP contribution in [0.25, 0.3) is 10.9 Å². The van der Waals surface area contributed by atoms with Crippen molar-refractivity contribution in [3.05, 3.63) is 59.0 Å². The lowest BCUT2D eigenvalue weighted by Gasteiger charge is -2.32. The van der Waals surface area contributed by atoms with Crippen LogP contribution in [0.4, 0.5) is 0 Å². The molecule has 1 saturated heterocycles. The van der Waals surface area contributed by atoms with Crippen molar-refractivity contribution in [3.8, 4) is 6.01 Å². The maximum atomic E-state index is 12.9. The molecule has 0 unspecified atom stereocenters. The Morgan fingerprint density at radius 1 is 1.15 bits per heavy atom. The fraction of sp³-hybridized carbons (Fsp3) is 0.263. The Kier molecular flexibility index (Phi) is 4.79. The maximum absolute atomic E-state index is 12.9. The van der Waals surface area contributed by atoms with Crippen molar-refractivity contribution in [3.63, 3.8) is 0 Å². The fourth-order valence-electron chi connectivity index (χ4n) is 3.08. The maximum Gasteiger partial charge on any atom is 0.316 e. The summed E-state index contributed by atoms with van der Waals surface area (Å²) < 4.78 is 6.64. The van der Waals surface area contributed by atoms with Crippen molar-refractivity contribution >= 4 is 32.7 Å². The van der Waals surface area contributed by atoms with E-state index in [9.17, 15) is 4.79 Å². The number of nitrogens with zero attached hydrogens (tertiary/aromatic N) is 4. The van der Waals surface area contributed by atoms with Crippen LogP contribution in [0.1, 0.15) is 23.3 Å². The highest BCUT2D eigenvalue weighted by Gasteiger charge is 2.27. The molecule has 3 aromatic rings. The molecule has 7 heteroatoms. The number of piperidine rings is 1. The van der Waals surface area contributed by atoms with E-state index in [1.807, 2.05) is 30.3 Å². The van der Waals surface area contributed by atoms with E-state index in [0.717, 1.165) is 28.2 Å². The predicted molar refractivity (Wildman–Crippen MR) is 101 cm³/mol. The van der Waals surface area contributed by atoms with Gasteiger partial charge < -0.3 is 9.64 Å². The minimum Gasteiger partial charge on any atom is -0.458 e. The molecule has 3 heterocycles. The summed E-state index contributed by atoms with van der Waals surface area (Å²) in [5.41, 5.74) is 1.29. The molecule has 0 N–H and O–H groups in total. The quantitative estimate of drug-likeness (QED) is 0.658. The molecule has 0 spiro atoms. The third-order valence-electron chi connectivity index (χ3n) is 4.35. The Hall–Kier alpha value is -2.54. The van der Waals surface area contributed by atoms with Crippen LogP contribution in [0.3, 0.4) is 0 Å². The van der Waals surface area contributed by atoms with Crippen LogP contribution >= 0.6 is 15.9 Å². The van der Waals surface area contributed by atoms with Crippen LogP contribution in [0, 0.1) is 0 Å². The van der Waals surface area contributed by atoms with Crippen LogP contribution in [-0.4, -0.2) is 45.0 Å². The van der Waals surface area contributed by atoms with E-state index < -0.39 is 0 Å². The molecule has 132 valence electrons. The van der Waals surface area contributed by atoms with Gasteiger partial charge in [-0.25, -0.2) is 15.0 Å². The van der Waals surface area contributed by atoms with Crippen molar-refractivity contribution < 1.29 is 9.53 Å². The molecule has 0 aliphatic carbocycles. The fourth-order valence-corrected chi connectivity index (χ4v) is 3.28. The van der Waals surface area contributed by atoms with Gasteiger partial charge in [0, 0.05) is 24.3 Å². The summed E-state index contributed by atoms with van der Waals surface area (Å²) in [5, 5.41) is 1.02. The third-order valence-corrected chi connectivity index (χ3v) is 4.76. The standard InChI is InChI=1S/C19H17BrN4O2/c20-14-10-21-19(22-11-14)26-15-5-3-9-24(12-15)18(25)17-8-7-13-4-1-2-6-16(13)23-17/h1-2,4,6-8,10-11,15H,3,5,9,12H2/t15-/m0/s1. The zero-order valence-electron chi connectivity index (χ0n) is 14.0. The van der Waals surface area contributed by atoms with Gasteiger partial charge >= 0.3 is 6.01 Å². The number of carbonyl (C=O) groups is 1. The van der Waals surface area contributed by atoms with Crippen molar-refractivity contribution in [2.45, 2.75) is 18.9 Å². The van der Waals surface area contributed by atoms with Gasteiger partial charge in [0.15, 0.2) is 0 Å². The van der Waals surface area contributed by atoms with Crippen LogP contribution in [0.15, 0.2) is 53.3 Å². The van der Waals surface area contributed by atoms with Gasteiger partial charge in [0.2, 0.25) is 0 Å². The summed E-state index contributed by atoms with van der Waals surface area (Å²) in [7, 11) is 0. The molecule has 1 aromatic carbocycles. The highest BCUT2D eigenvalue weighted by Crippen LogP contribution is 2.19. The van der Waals surface area contributed by atoms with Crippen LogP contribution < -0.4 is 4.74 Å². The van der Waals surface area contributed by atoms with Gasteiger partial charge in [0.25, 0.3) is 5.91 Å². The molecule has 0 saturated carbocycles. The van der Waals surface area contributed by atoms with Crippen LogP contribution in [0.2, 0.25) is 0 Å². The molecule has 4 rings (SSSR count). The van der Waals surface area contributed by atoms with Gasteiger partial charge in [-0.05, 0) is 40.9 Å². The number of likely N-dealkylation sites (tertiary alicyclic amines) is 1. The molecule has 1 fully saturated rings. The predicted octanol–water partition coefficient (Wildman–Crippen LogP) is 3.47. The summed E-state index contributed by atoms with van der Waals surface area (Å²) in [5.74, 6) is -0.0687. The van der Waals surface area contributed by atoms with E-state index in [2.05, 4.69) is 30.9 Å². The number of carbonyl (C=O) groups excluding carboxylic acids is 1. The first-order valence-electron chi connectivity index (χ1n) is 8.48. The SMILES string of the molecule is O=C(c1ccc2ccccc2n1)N1CCC[C@H](Oc2ncc(Br)cn2)C1. The lowest BCUT2D eigenvalue weighted by Crippen LogP contribution is -2.44. The second-order valence-corrected chi connectivity index (χ2v) is 7.12. The Morgan fingerprint density at radius 2 is 1.96 bits per heavy atom. The molecular formula is C19H17BrN4O2. The molecule has 1 aliphatic rings.